The number of para-hydroxylation sites is 1. The second-order valence-electron chi connectivity index (χ2n) is 6.95. The maximum absolute atomic E-state index is 12.5. The highest BCUT2D eigenvalue weighted by molar-refractivity contribution is 7.99. The minimum Gasteiger partial charge on any atom is -0.325 e. The summed E-state index contributed by atoms with van der Waals surface area (Å²) in [5.74, 6) is 1.51. The molecule has 2 heterocycles. The lowest BCUT2D eigenvalue weighted by Gasteiger charge is -2.10. The Kier molecular flexibility index (Phi) is 7.28. The molecule has 0 radical (unpaired) electrons. The van der Waals surface area contributed by atoms with E-state index in [4.69, 9.17) is 0 Å². The number of allylic oxidation sites excluding steroid dienone is 1. The van der Waals surface area contributed by atoms with Gasteiger partial charge in [-0.1, -0.05) is 56.8 Å². The molecule has 3 rings (SSSR count). The third-order valence-corrected chi connectivity index (χ3v) is 6.68. The van der Waals surface area contributed by atoms with E-state index in [1.807, 2.05) is 34.9 Å². The Morgan fingerprint density at radius 1 is 1.34 bits per heavy atom. The summed E-state index contributed by atoms with van der Waals surface area (Å²) in [4.78, 5) is 13.8. The van der Waals surface area contributed by atoms with Crippen molar-refractivity contribution in [3.05, 3.63) is 58.8 Å². The molecule has 0 spiro atoms. The van der Waals surface area contributed by atoms with Crippen LogP contribution in [-0.2, 0) is 17.8 Å². The van der Waals surface area contributed by atoms with Gasteiger partial charge in [-0.05, 0) is 30.0 Å². The molecule has 5 nitrogen and oxygen atoms in total. The van der Waals surface area contributed by atoms with Crippen LogP contribution in [0.5, 0.6) is 0 Å². The molecule has 1 amide bonds. The standard InChI is InChI=1S/C22H26N4OS2/c1-5-11-26-21(17-12-19(15(3)4)28-13-17)24-25-22(26)29-14-20(27)23-18-10-8-7-9-16(18)6-2/h5,7-10,12-13,15H,1,6,11,14H2,2-4H3,(H,23,27). The zero-order valence-electron chi connectivity index (χ0n) is 17.0. The average Bonchev–Trinajstić information content (AvgIpc) is 3.34. The van der Waals surface area contributed by atoms with Crippen molar-refractivity contribution in [1.29, 1.82) is 0 Å². The third kappa shape index (κ3) is 5.16. The summed E-state index contributed by atoms with van der Waals surface area (Å²) >= 11 is 3.12. The van der Waals surface area contributed by atoms with Crippen LogP contribution in [0.4, 0.5) is 5.69 Å². The number of anilines is 1. The van der Waals surface area contributed by atoms with E-state index in [0.717, 1.165) is 34.2 Å². The monoisotopic (exact) mass is 426 g/mol. The van der Waals surface area contributed by atoms with Gasteiger partial charge < -0.3 is 5.32 Å². The van der Waals surface area contributed by atoms with Crippen LogP contribution in [0.25, 0.3) is 11.4 Å². The van der Waals surface area contributed by atoms with E-state index in [-0.39, 0.29) is 11.7 Å². The largest absolute Gasteiger partial charge is 0.325 e. The summed E-state index contributed by atoms with van der Waals surface area (Å²) in [6.07, 6.45) is 2.70. The van der Waals surface area contributed by atoms with Gasteiger partial charge in [0.25, 0.3) is 0 Å². The minimum atomic E-state index is -0.0526. The molecule has 0 fully saturated rings. The first-order valence-corrected chi connectivity index (χ1v) is 11.5. The van der Waals surface area contributed by atoms with Gasteiger partial charge in [0, 0.05) is 28.1 Å². The van der Waals surface area contributed by atoms with Crippen LogP contribution >= 0.6 is 23.1 Å². The Morgan fingerprint density at radius 3 is 2.83 bits per heavy atom. The molecule has 2 aromatic heterocycles. The van der Waals surface area contributed by atoms with Crippen LogP contribution in [0.15, 0.2) is 53.5 Å². The number of rotatable bonds is 9. The van der Waals surface area contributed by atoms with Gasteiger partial charge >= 0.3 is 0 Å². The Bertz CT molecular complexity index is 990. The molecule has 0 aliphatic carbocycles. The lowest BCUT2D eigenvalue weighted by molar-refractivity contribution is -0.113. The number of nitrogens with one attached hydrogen (secondary N) is 1. The molecular formula is C22H26N4OS2. The van der Waals surface area contributed by atoms with Crippen LogP contribution in [-0.4, -0.2) is 26.4 Å². The molecule has 1 aromatic carbocycles. The maximum atomic E-state index is 12.5. The molecule has 0 saturated heterocycles. The summed E-state index contributed by atoms with van der Waals surface area (Å²) in [7, 11) is 0. The molecule has 1 N–H and O–H groups in total. The molecular weight excluding hydrogens is 400 g/mol. The van der Waals surface area contributed by atoms with E-state index in [1.165, 1.54) is 16.6 Å². The van der Waals surface area contributed by atoms with Gasteiger partial charge in [0.05, 0.1) is 5.75 Å². The molecule has 29 heavy (non-hydrogen) atoms. The summed E-state index contributed by atoms with van der Waals surface area (Å²) in [6, 6.07) is 10.0. The number of carbonyl (C=O) groups is 1. The Balaban J connectivity index is 1.72. The van der Waals surface area contributed by atoms with Crippen molar-refractivity contribution >= 4 is 34.7 Å². The number of hydrogen-bond donors (Lipinski definition) is 1. The molecule has 0 atom stereocenters. The molecule has 0 unspecified atom stereocenters. The molecule has 0 aliphatic rings. The van der Waals surface area contributed by atoms with Gasteiger partial charge in [-0.15, -0.1) is 28.1 Å². The number of carbonyl (C=O) groups excluding carboxylic acids is 1. The summed E-state index contributed by atoms with van der Waals surface area (Å²) in [6.45, 7) is 10.9. The van der Waals surface area contributed by atoms with Crippen LogP contribution in [0.1, 0.15) is 37.1 Å². The molecule has 7 heteroatoms. The summed E-state index contributed by atoms with van der Waals surface area (Å²) in [5.41, 5.74) is 3.05. The van der Waals surface area contributed by atoms with Gasteiger partial charge in [-0.3, -0.25) is 9.36 Å². The molecule has 3 aromatic rings. The van der Waals surface area contributed by atoms with Crippen molar-refractivity contribution in [2.75, 3.05) is 11.1 Å². The van der Waals surface area contributed by atoms with Gasteiger partial charge in [0.15, 0.2) is 11.0 Å². The summed E-state index contributed by atoms with van der Waals surface area (Å²) < 4.78 is 2.01. The number of benzene rings is 1. The first kappa shape index (κ1) is 21.3. The summed E-state index contributed by atoms with van der Waals surface area (Å²) in [5, 5.41) is 14.6. The van der Waals surface area contributed by atoms with Crippen LogP contribution in [0.3, 0.4) is 0 Å². The predicted octanol–water partition coefficient (Wildman–Crippen LogP) is 5.61. The van der Waals surface area contributed by atoms with Crippen molar-refractivity contribution in [1.82, 2.24) is 14.8 Å². The van der Waals surface area contributed by atoms with E-state index >= 15 is 0 Å². The fraction of sp³-hybridized carbons (Fsp3) is 0.318. The van der Waals surface area contributed by atoms with Crippen molar-refractivity contribution in [2.24, 2.45) is 0 Å². The molecule has 0 saturated carbocycles. The number of amides is 1. The van der Waals surface area contributed by atoms with Crippen molar-refractivity contribution < 1.29 is 4.79 Å². The second kappa shape index (κ2) is 9.89. The first-order chi connectivity index (χ1) is 14.0. The van der Waals surface area contributed by atoms with Crippen LogP contribution in [0, 0.1) is 0 Å². The lowest BCUT2D eigenvalue weighted by atomic mass is 10.1. The highest BCUT2D eigenvalue weighted by Gasteiger charge is 2.17. The Labute approximate surface area is 180 Å². The van der Waals surface area contributed by atoms with Crippen molar-refractivity contribution in [3.63, 3.8) is 0 Å². The minimum absolute atomic E-state index is 0.0526. The number of aryl methyl sites for hydroxylation is 1. The van der Waals surface area contributed by atoms with Gasteiger partial charge in [-0.2, -0.15) is 0 Å². The molecule has 152 valence electrons. The normalized spacial score (nSPS) is 11.0. The number of thioether (sulfide) groups is 1. The Morgan fingerprint density at radius 2 is 2.14 bits per heavy atom. The zero-order chi connectivity index (χ0) is 20.8. The van der Waals surface area contributed by atoms with Gasteiger partial charge in [0.1, 0.15) is 0 Å². The third-order valence-electron chi connectivity index (χ3n) is 4.48. The van der Waals surface area contributed by atoms with E-state index in [0.29, 0.717) is 12.5 Å². The molecule has 0 bridgehead atoms. The fourth-order valence-electron chi connectivity index (χ4n) is 2.94. The second-order valence-corrected chi connectivity index (χ2v) is 8.83. The van der Waals surface area contributed by atoms with E-state index in [1.54, 1.807) is 11.3 Å². The molecule has 0 aliphatic heterocycles. The average molecular weight is 427 g/mol. The Hall–Kier alpha value is -2.38. The SMILES string of the molecule is C=CCn1c(SCC(=O)Nc2ccccc2CC)nnc1-c1csc(C(C)C)c1. The van der Waals surface area contributed by atoms with E-state index in [9.17, 15) is 4.79 Å². The van der Waals surface area contributed by atoms with Gasteiger partial charge in [0.2, 0.25) is 5.91 Å². The zero-order valence-corrected chi connectivity index (χ0v) is 18.6. The number of aromatic nitrogens is 3. The number of nitrogens with zero attached hydrogens (tertiary/aromatic N) is 3. The highest BCUT2D eigenvalue weighted by Crippen LogP contribution is 2.31. The van der Waals surface area contributed by atoms with Crippen LogP contribution < -0.4 is 5.32 Å². The number of thiophene rings is 1. The predicted molar refractivity (Wildman–Crippen MR) is 123 cm³/mol. The smallest absolute Gasteiger partial charge is 0.234 e. The quantitative estimate of drug-likeness (QED) is 0.357. The van der Waals surface area contributed by atoms with Crippen molar-refractivity contribution in [3.8, 4) is 11.4 Å². The maximum Gasteiger partial charge on any atom is 0.234 e. The van der Waals surface area contributed by atoms with E-state index < -0.39 is 0 Å². The van der Waals surface area contributed by atoms with E-state index in [2.05, 4.69) is 54.3 Å². The van der Waals surface area contributed by atoms with Crippen LogP contribution in [0.2, 0.25) is 0 Å². The van der Waals surface area contributed by atoms with Gasteiger partial charge in [-0.25, -0.2) is 0 Å². The highest BCUT2D eigenvalue weighted by atomic mass is 32.2. The van der Waals surface area contributed by atoms with Crippen molar-refractivity contribution in [2.45, 2.75) is 44.8 Å². The number of hydrogen-bond acceptors (Lipinski definition) is 5. The topological polar surface area (TPSA) is 59.8 Å². The first-order valence-electron chi connectivity index (χ1n) is 9.66. The lowest BCUT2D eigenvalue weighted by Crippen LogP contribution is -2.15. The fourth-order valence-corrected chi connectivity index (χ4v) is 4.59.